The standard InChI is InChI=1S/C12H16FNO2/c13-11-6-9(8-15)3-4-12(11)14-5-1-2-10(16)7-14/h3-4,6,10,15-16H,1-2,5,7-8H2. The van der Waals surface area contributed by atoms with Crippen molar-refractivity contribution in [3.05, 3.63) is 29.6 Å². The topological polar surface area (TPSA) is 43.7 Å². The van der Waals surface area contributed by atoms with E-state index in [2.05, 4.69) is 0 Å². The lowest BCUT2D eigenvalue weighted by Gasteiger charge is -2.32. The molecule has 2 rings (SSSR count). The molecule has 1 unspecified atom stereocenters. The Labute approximate surface area is 94.1 Å². The maximum Gasteiger partial charge on any atom is 0.146 e. The van der Waals surface area contributed by atoms with Gasteiger partial charge in [0.05, 0.1) is 18.4 Å². The lowest BCUT2D eigenvalue weighted by Crippen LogP contribution is -2.38. The van der Waals surface area contributed by atoms with Crippen LogP contribution in [0, 0.1) is 5.82 Å². The summed E-state index contributed by atoms with van der Waals surface area (Å²) >= 11 is 0. The van der Waals surface area contributed by atoms with E-state index in [9.17, 15) is 9.50 Å². The maximum absolute atomic E-state index is 13.7. The molecule has 1 heterocycles. The summed E-state index contributed by atoms with van der Waals surface area (Å²) in [6.45, 7) is 1.10. The Hall–Kier alpha value is -1.13. The molecule has 3 nitrogen and oxygen atoms in total. The number of β-amino-alcohol motifs (C(OH)–C–C–N with tert-alkyl or cyclic N) is 1. The lowest BCUT2D eigenvalue weighted by atomic mass is 10.1. The number of aliphatic hydroxyl groups excluding tert-OH is 2. The van der Waals surface area contributed by atoms with Gasteiger partial charge in [0.2, 0.25) is 0 Å². The van der Waals surface area contributed by atoms with Gasteiger partial charge in [-0.1, -0.05) is 6.07 Å². The van der Waals surface area contributed by atoms with Gasteiger partial charge in [-0.15, -0.1) is 0 Å². The van der Waals surface area contributed by atoms with Crippen molar-refractivity contribution in [3.63, 3.8) is 0 Å². The van der Waals surface area contributed by atoms with Crippen LogP contribution in [-0.4, -0.2) is 29.4 Å². The van der Waals surface area contributed by atoms with Gasteiger partial charge in [0.1, 0.15) is 5.82 Å². The SMILES string of the molecule is OCc1ccc(N2CCCC(O)C2)c(F)c1. The zero-order chi connectivity index (χ0) is 11.5. The fourth-order valence-corrected chi connectivity index (χ4v) is 2.08. The van der Waals surface area contributed by atoms with Crippen LogP contribution in [0.4, 0.5) is 10.1 Å². The fraction of sp³-hybridized carbons (Fsp3) is 0.500. The molecule has 0 spiro atoms. The average molecular weight is 225 g/mol. The summed E-state index contributed by atoms with van der Waals surface area (Å²) in [6.07, 6.45) is 1.29. The van der Waals surface area contributed by atoms with Crippen LogP contribution >= 0.6 is 0 Å². The average Bonchev–Trinajstić information content (AvgIpc) is 2.28. The Morgan fingerprint density at radius 3 is 2.88 bits per heavy atom. The molecule has 0 amide bonds. The van der Waals surface area contributed by atoms with E-state index in [4.69, 9.17) is 5.11 Å². The van der Waals surface area contributed by atoms with Crippen molar-refractivity contribution in [1.82, 2.24) is 0 Å². The molecule has 1 aromatic carbocycles. The molecule has 4 heteroatoms. The first-order valence-electron chi connectivity index (χ1n) is 5.53. The van der Waals surface area contributed by atoms with E-state index in [-0.39, 0.29) is 18.5 Å². The third-order valence-electron chi connectivity index (χ3n) is 2.93. The highest BCUT2D eigenvalue weighted by molar-refractivity contribution is 5.49. The first kappa shape index (κ1) is 11.4. The molecule has 0 radical (unpaired) electrons. The highest BCUT2D eigenvalue weighted by Gasteiger charge is 2.20. The van der Waals surface area contributed by atoms with Crippen molar-refractivity contribution in [2.24, 2.45) is 0 Å². The number of halogens is 1. The summed E-state index contributed by atoms with van der Waals surface area (Å²) in [6, 6.07) is 4.72. The second-order valence-electron chi connectivity index (χ2n) is 4.19. The van der Waals surface area contributed by atoms with Gasteiger partial charge in [0.25, 0.3) is 0 Å². The van der Waals surface area contributed by atoms with Gasteiger partial charge in [-0.3, -0.25) is 0 Å². The van der Waals surface area contributed by atoms with Gasteiger partial charge in [0, 0.05) is 13.1 Å². The number of benzene rings is 1. The van der Waals surface area contributed by atoms with Crippen LogP contribution in [-0.2, 0) is 6.61 Å². The molecule has 1 aromatic rings. The van der Waals surface area contributed by atoms with Crippen LogP contribution in [0.1, 0.15) is 18.4 Å². The van der Waals surface area contributed by atoms with Gasteiger partial charge in [-0.2, -0.15) is 0 Å². The largest absolute Gasteiger partial charge is 0.392 e. The Kier molecular flexibility index (Phi) is 3.41. The van der Waals surface area contributed by atoms with Gasteiger partial charge in [0.15, 0.2) is 0 Å². The molecule has 1 fully saturated rings. The van der Waals surface area contributed by atoms with Crippen molar-refractivity contribution >= 4 is 5.69 Å². The molecule has 2 N–H and O–H groups in total. The molecule has 1 aliphatic rings. The van der Waals surface area contributed by atoms with E-state index in [1.54, 1.807) is 12.1 Å². The van der Waals surface area contributed by atoms with Gasteiger partial charge in [-0.25, -0.2) is 4.39 Å². The van der Waals surface area contributed by atoms with E-state index in [1.807, 2.05) is 4.90 Å². The van der Waals surface area contributed by atoms with Crippen LogP contribution < -0.4 is 4.90 Å². The van der Waals surface area contributed by atoms with E-state index in [1.165, 1.54) is 6.07 Å². The highest BCUT2D eigenvalue weighted by Crippen LogP contribution is 2.24. The highest BCUT2D eigenvalue weighted by atomic mass is 19.1. The van der Waals surface area contributed by atoms with E-state index >= 15 is 0 Å². The molecule has 1 saturated heterocycles. The molecule has 0 aromatic heterocycles. The summed E-state index contributed by atoms with van der Waals surface area (Å²) in [5, 5.41) is 18.4. The van der Waals surface area contributed by atoms with Crippen molar-refractivity contribution in [3.8, 4) is 0 Å². The molecule has 88 valence electrons. The summed E-state index contributed by atoms with van der Waals surface area (Å²) in [5.74, 6) is -0.333. The van der Waals surface area contributed by atoms with Gasteiger partial charge < -0.3 is 15.1 Å². The summed E-state index contributed by atoms with van der Waals surface area (Å²) in [7, 11) is 0. The van der Waals surface area contributed by atoms with Crippen molar-refractivity contribution < 1.29 is 14.6 Å². The van der Waals surface area contributed by atoms with Crippen molar-refractivity contribution in [2.75, 3.05) is 18.0 Å². The normalized spacial score (nSPS) is 21.2. The number of nitrogens with zero attached hydrogens (tertiary/aromatic N) is 1. The number of hydrogen-bond donors (Lipinski definition) is 2. The predicted molar refractivity (Wildman–Crippen MR) is 59.8 cm³/mol. The number of hydrogen-bond acceptors (Lipinski definition) is 3. The second kappa shape index (κ2) is 4.80. The number of piperidine rings is 1. The first-order valence-corrected chi connectivity index (χ1v) is 5.53. The van der Waals surface area contributed by atoms with Crippen LogP contribution in [0.15, 0.2) is 18.2 Å². The maximum atomic E-state index is 13.7. The minimum absolute atomic E-state index is 0.153. The molecule has 1 aliphatic heterocycles. The van der Waals surface area contributed by atoms with Gasteiger partial charge >= 0.3 is 0 Å². The lowest BCUT2D eigenvalue weighted by molar-refractivity contribution is 0.154. The second-order valence-corrected chi connectivity index (χ2v) is 4.19. The van der Waals surface area contributed by atoms with E-state index < -0.39 is 0 Å². The number of rotatable bonds is 2. The molecule has 0 aliphatic carbocycles. The molecule has 0 bridgehead atoms. The molecule has 1 atom stereocenters. The molecule has 16 heavy (non-hydrogen) atoms. The van der Waals surface area contributed by atoms with Crippen molar-refractivity contribution in [2.45, 2.75) is 25.6 Å². The summed E-state index contributed by atoms with van der Waals surface area (Å²) in [5.41, 5.74) is 1.08. The number of anilines is 1. The van der Waals surface area contributed by atoms with Gasteiger partial charge in [-0.05, 0) is 30.5 Å². The zero-order valence-corrected chi connectivity index (χ0v) is 9.06. The minimum Gasteiger partial charge on any atom is -0.392 e. The van der Waals surface area contributed by atoms with Crippen LogP contribution in [0.3, 0.4) is 0 Å². The zero-order valence-electron chi connectivity index (χ0n) is 9.06. The van der Waals surface area contributed by atoms with Crippen LogP contribution in [0.2, 0.25) is 0 Å². The van der Waals surface area contributed by atoms with Crippen LogP contribution in [0.25, 0.3) is 0 Å². The third-order valence-corrected chi connectivity index (χ3v) is 2.93. The smallest absolute Gasteiger partial charge is 0.146 e. The monoisotopic (exact) mass is 225 g/mol. The van der Waals surface area contributed by atoms with Crippen LogP contribution in [0.5, 0.6) is 0 Å². The Bertz CT molecular complexity index is 370. The molecule has 0 saturated carbocycles. The van der Waals surface area contributed by atoms with Crippen molar-refractivity contribution in [1.29, 1.82) is 0 Å². The third kappa shape index (κ3) is 2.33. The minimum atomic E-state index is -0.370. The Balaban J connectivity index is 2.19. The van der Waals surface area contributed by atoms with E-state index in [0.717, 1.165) is 19.4 Å². The number of aliphatic hydroxyl groups is 2. The summed E-state index contributed by atoms with van der Waals surface area (Å²) in [4.78, 5) is 1.85. The van der Waals surface area contributed by atoms with E-state index in [0.29, 0.717) is 17.8 Å². The molecular weight excluding hydrogens is 209 g/mol. The summed E-state index contributed by atoms with van der Waals surface area (Å²) < 4.78 is 13.7. The fourth-order valence-electron chi connectivity index (χ4n) is 2.08. The quantitative estimate of drug-likeness (QED) is 0.797. The first-order chi connectivity index (χ1) is 7.70. The predicted octanol–water partition coefficient (Wildman–Crippen LogP) is 1.28. The Morgan fingerprint density at radius 2 is 2.25 bits per heavy atom. The Morgan fingerprint density at radius 1 is 1.44 bits per heavy atom. The molecular formula is C12H16FNO2.